The minimum atomic E-state index is 0.458. The zero-order chi connectivity index (χ0) is 44.0. The Morgan fingerprint density at radius 2 is 0.662 bits per heavy atom. The number of pyridine rings is 2. The number of aromatic nitrogens is 6. The van der Waals surface area contributed by atoms with Crippen molar-refractivity contribution in [2.24, 2.45) is 0 Å². The van der Waals surface area contributed by atoms with Gasteiger partial charge in [-0.25, -0.2) is 0 Å². The van der Waals surface area contributed by atoms with Gasteiger partial charge in [-0.05, 0) is 144 Å². The number of anilines is 3. The molecule has 11 rings (SSSR count). The van der Waals surface area contributed by atoms with Crippen molar-refractivity contribution in [1.82, 2.24) is 29.1 Å². The van der Waals surface area contributed by atoms with E-state index in [4.69, 9.17) is 28.9 Å². The van der Waals surface area contributed by atoms with Gasteiger partial charge in [0, 0.05) is 63.8 Å². The van der Waals surface area contributed by atoms with Gasteiger partial charge in [0.2, 0.25) is 5.95 Å². The first-order chi connectivity index (χ1) is 32.0. The van der Waals surface area contributed by atoms with Crippen LogP contribution in [-0.2, 0) is 0 Å². The number of fused-ring (bicyclic) bond motifs is 6. The van der Waals surface area contributed by atoms with Gasteiger partial charge >= 0.3 is 0 Å². The van der Waals surface area contributed by atoms with E-state index in [2.05, 4.69) is 127 Å². The van der Waals surface area contributed by atoms with Crippen LogP contribution in [0.1, 0.15) is 0 Å². The Morgan fingerprint density at radius 1 is 0.354 bits per heavy atom. The summed E-state index contributed by atoms with van der Waals surface area (Å²) in [6.07, 6.45) is 7.23. The molecule has 0 amide bonds. The van der Waals surface area contributed by atoms with E-state index in [0.717, 1.165) is 100 Å². The molecular weight excluding hydrogens is 811 g/mol. The Balaban J connectivity index is 1.21. The first-order valence-electron chi connectivity index (χ1n) is 21.0. The highest BCUT2D eigenvalue weighted by molar-refractivity contribution is 6.11. The van der Waals surface area contributed by atoms with Gasteiger partial charge in [-0.1, -0.05) is 24.3 Å². The minimum absolute atomic E-state index is 0.458. The molecule has 0 unspecified atom stereocenters. The SMILES string of the molecule is COc1ccc2c(c1)c1cc(OC)ccc1n2-c1cc(-n2c3ccc(OC)cc3c3cc(OC)ccc32)nc(N(c2ccc(-c3ccncc3)cc2)c2ccc(-c3ccncc3)cc2)n1. The van der Waals surface area contributed by atoms with E-state index >= 15 is 0 Å². The standard InChI is InChI=1S/C54H41N7O4/c1-62-40-13-17-48-44(29-40)45-30-41(63-2)14-18-49(45)60(48)52-33-53(61-50-19-15-42(64-3)31-46(50)47-32-43(65-4)16-20-51(47)61)58-54(57-52)59(38-9-5-34(6-10-38)36-21-25-55-26-22-36)39-11-7-35(8-12-39)37-23-27-56-28-24-37/h5-33H,1-4H3. The summed E-state index contributed by atoms with van der Waals surface area (Å²) in [5.74, 6) is 4.76. The van der Waals surface area contributed by atoms with Crippen LogP contribution >= 0.6 is 0 Å². The smallest absolute Gasteiger partial charge is 0.238 e. The van der Waals surface area contributed by atoms with Gasteiger partial charge in [0.15, 0.2) is 0 Å². The highest BCUT2D eigenvalue weighted by Gasteiger charge is 2.24. The second-order valence-corrected chi connectivity index (χ2v) is 15.5. The normalized spacial score (nSPS) is 11.4. The number of rotatable bonds is 11. The fourth-order valence-corrected chi connectivity index (χ4v) is 8.78. The van der Waals surface area contributed by atoms with Crippen LogP contribution in [0.25, 0.3) is 77.5 Å². The van der Waals surface area contributed by atoms with Crippen LogP contribution in [0, 0.1) is 0 Å². The van der Waals surface area contributed by atoms with Gasteiger partial charge in [-0.2, -0.15) is 9.97 Å². The molecule has 0 aliphatic carbocycles. The van der Waals surface area contributed by atoms with E-state index in [1.807, 2.05) is 73.3 Å². The number of hydrogen-bond donors (Lipinski definition) is 0. The minimum Gasteiger partial charge on any atom is -0.497 e. The highest BCUT2D eigenvalue weighted by Crippen LogP contribution is 2.41. The number of hydrogen-bond acceptors (Lipinski definition) is 9. The average Bonchev–Trinajstić information content (AvgIpc) is 3.88. The van der Waals surface area contributed by atoms with Crippen molar-refractivity contribution in [1.29, 1.82) is 0 Å². The third kappa shape index (κ3) is 6.86. The summed E-state index contributed by atoms with van der Waals surface area (Å²) in [5, 5.41) is 3.97. The highest BCUT2D eigenvalue weighted by atomic mass is 16.5. The van der Waals surface area contributed by atoms with Crippen LogP contribution in [0.15, 0.2) is 176 Å². The fourth-order valence-electron chi connectivity index (χ4n) is 8.78. The molecular formula is C54H41N7O4. The van der Waals surface area contributed by atoms with Gasteiger partial charge in [0.1, 0.15) is 34.6 Å². The largest absolute Gasteiger partial charge is 0.497 e. The van der Waals surface area contributed by atoms with Gasteiger partial charge in [0.05, 0.1) is 50.5 Å². The Labute approximate surface area is 374 Å². The van der Waals surface area contributed by atoms with Crippen molar-refractivity contribution in [2.75, 3.05) is 33.3 Å². The Kier molecular flexibility index (Phi) is 9.77. The van der Waals surface area contributed by atoms with Crippen molar-refractivity contribution < 1.29 is 18.9 Å². The van der Waals surface area contributed by atoms with Crippen LogP contribution in [0.2, 0.25) is 0 Å². The monoisotopic (exact) mass is 851 g/mol. The molecule has 316 valence electrons. The summed E-state index contributed by atoms with van der Waals surface area (Å²) in [6.45, 7) is 0. The molecule has 0 N–H and O–H groups in total. The van der Waals surface area contributed by atoms with Crippen molar-refractivity contribution in [2.45, 2.75) is 0 Å². The molecule has 5 heterocycles. The molecule has 0 spiro atoms. The van der Waals surface area contributed by atoms with Crippen molar-refractivity contribution in [3.05, 3.63) is 176 Å². The lowest BCUT2D eigenvalue weighted by Gasteiger charge is -2.25. The zero-order valence-corrected chi connectivity index (χ0v) is 36.0. The van der Waals surface area contributed by atoms with Crippen LogP contribution in [0.3, 0.4) is 0 Å². The van der Waals surface area contributed by atoms with E-state index in [0.29, 0.717) is 17.6 Å². The Bertz CT molecular complexity index is 3180. The van der Waals surface area contributed by atoms with Gasteiger partial charge in [0.25, 0.3) is 0 Å². The summed E-state index contributed by atoms with van der Waals surface area (Å²) in [4.78, 5) is 21.7. The Morgan fingerprint density at radius 3 is 0.969 bits per heavy atom. The third-order valence-corrected chi connectivity index (χ3v) is 12.0. The van der Waals surface area contributed by atoms with Crippen molar-refractivity contribution >= 4 is 60.9 Å². The summed E-state index contributed by atoms with van der Waals surface area (Å²) in [7, 11) is 6.73. The number of nitrogens with zero attached hydrogens (tertiary/aromatic N) is 7. The van der Waals surface area contributed by atoms with Crippen LogP contribution in [0.4, 0.5) is 17.3 Å². The van der Waals surface area contributed by atoms with E-state index in [1.54, 1.807) is 28.4 Å². The quantitative estimate of drug-likeness (QED) is 0.126. The maximum Gasteiger partial charge on any atom is 0.238 e. The molecule has 0 bridgehead atoms. The Hall–Kier alpha value is -8.70. The van der Waals surface area contributed by atoms with Crippen LogP contribution in [-0.4, -0.2) is 57.5 Å². The predicted octanol–water partition coefficient (Wildman–Crippen LogP) is 12.3. The molecule has 11 aromatic rings. The number of ether oxygens (including phenoxy) is 4. The fraction of sp³-hybridized carbons (Fsp3) is 0.0741. The molecule has 0 aliphatic heterocycles. The van der Waals surface area contributed by atoms with Crippen LogP contribution < -0.4 is 23.8 Å². The number of methoxy groups -OCH3 is 4. The lowest BCUT2D eigenvalue weighted by molar-refractivity contribution is 0.415. The zero-order valence-electron chi connectivity index (χ0n) is 36.0. The van der Waals surface area contributed by atoms with E-state index in [1.165, 1.54) is 0 Å². The molecule has 6 aromatic carbocycles. The molecule has 0 saturated heterocycles. The second kappa shape index (κ2) is 16.2. The molecule has 0 saturated carbocycles. The maximum absolute atomic E-state index is 5.75. The molecule has 0 atom stereocenters. The second-order valence-electron chi connectivity index (χ2n) is 15.5. The average molecular weight is 852 g/mol. The lowest BCUT2D eigenvalue weighted by Crippen LogP contribution is -2.16. The van der Waals surface area contributed by atoms with Gasteiger partial charge < -0.3 is 18.9 Å². The summed E-state index contributed by atoms with van der Waals surface area (Å²) in [5.41, 5.74) is 9.77. The molecule has 5 aromatic heterocycles. The van der Waals surface area contributed by atoms with Gasteiger partial charge in [-0.3, -0.25) is 24.0 Å². The van der Waals surface area contributed by atoms with E-state index < -0.39 is 0 Å². The molecule has 0 radical (unpaired) electrons. The first-order valence-corrected chi connectivity index (χ1v) is 21.0. The molecule has 11 heteroatoms. The molecule has 0 fully saturated rings. The third-order valence-electron chi connectivity index (χ3n) is 12.0. The van der Waals surface area contributed by atoms with Crippen molar-refractivity contribution in [3.8, 4) is 56.9 Å². The van der Waals surface area contributed by atoms with E-state index in [9.17, 15) is 0 Å². The first kappa shape index (κ1) is 39.2. The predicted molar refractivity (Wildman–Crippen MR) is 258 cm³/mol. The molecule has 65 heavy (non-hydrogen) atoms. The summed E-state index contributed by atoms with van der Waals surface area (Å²) in [6, 6.07) is 51.5. The number of benzene rings is 6. The molecule has 0 aliphatic rings. The lowest BCUT2D eigenvalue weighted by atomic mass is 10.1. The topological polar surface area (TPSA) is 102 Å². The van der Waals surface area contributed by atoms with Gasteiger partial charge in [-0.15, -0.1) is 0 Å². The summed E-state index contributed by atoms with van der Waals surface area (Å²) >= 11 is 0. The van der Waals surface area contributed by atoms with E-state index in [-0.39, 0.29) is 0 Å². The summed E-state index contributed by atoms with van der Waals surface area (Å²) < 4.78 is 27.4. The maximum atomic E-state index is 5.75. The van der Waals surface area contributed by atoms with Crippen molar-refractivity contribution in [3.63, 3.8) is 0 Å². The molecule has 11 nitrogen and oxygen atoms in total. The van der Waals surface area contributed by atoms with Crippen LogP contribution in [0.5, 0.6) is 23.0 Å².